The zero-order valence-electron chi connectivity index (χ0n) is 10.9. The molecule has 0 aliphatic rings. The van der Waals surface area contributed by atoms with Gasteiger partial charge in [-0.15, -0.1) is 5.10 Å². The van der Waals surface area contributed by atoms with Crippen LogP contribution in [0.4, 0.5) is 0 Å². The highest BCUT2D eigenvalue weighted by Crippen LogP contribution is 2.26. The first-order valence-electron chi connectivity index (χ1n) is 6.14. The van der Waals surface area contributed by atoms with Crippen molar-refractivity contribution >= 4 is 5.97 Å². The van der Waals surface area contributed by atoms with Crippen LogP contribution in [-0.4, -0.2) is 31.3 Å². The van der Waals surface area contributed by atoms with Crippen molar-refractivity contribution in [2.24, 2.45) is 5.92 Å². The maximum Gasteiger partial charge on any atom is 0.305 e. The summed E-state index contributed by atoms with van der Waals surface area (Å²) < 4.78 is 1.61. The maximum absolute atomic E-state index is 11.0. The summed E-state index contributed by atoms with van der Waals surface area (Å²) in [5.74, 6) is -0.129. The van der Waals surface area contributed by atoms with Crippen LogP contribution < -0.4 is 0 Å². The lowest BCUT2D eigenvalue weighted by molar-refractivity contribution is -0.138. The van der Waals surface area contributed by atoms with E-state index in [0.717, 1.165) is 5.56 Å². The lowest BCUT2D eigenvalue weighted by Gasteiger charge is -2.20. The smallest absolute Gasteiger partial charge is 0.305 e. The van der Waals surface area contributed by atoms with Crippen molar-refractivity contribution < 1.29 is 9.90 Å². The second kappa shape index (κ2) is 5.60. The molecule has 19 heavy (non-hydrogen) atoms. The SMILES string of the molecule is CC(C)C(CC(=O)O)n1nnnc1-c1ccccc1. The topological polar surface area (TPSA) is 80.9 Å². The van der Waals surface area contributed by atoms with Crippen molar-refractivity contribution in [2.45, 2.75) is 26.3 Å². The van der Waals surface area contributed by atoms with Gasteiger partial charge in [-0.05, 0) is 16.3 Å². The van der Waals surface area contributed by atoms with Crippen LogP contribution in [0.3, 0.4) is 0 Å². The Morgan fingerprint density at radius 1 is 1.32 bits per heavy atom. The third-order valence-electron chi connectivity index (χ3n) is 2.99. The summed E-state index contributed by atoms with van der Waals surface area (Å²) >= 11 is 0. The third-order valence-corrected chi connectivity index (χ3v) is 2.99. The van der Waals surface area contributed by atoms with Crippen LogP contribution in [0.5, 0.6) is 0 Å². The summed E-state index contributed by atoms with van der Waals surface area (Å²) in [6.45, 7) is 3.92. The van der Waals surface area contributed by atoms with E-state index in [9.17, 15) is 4.79 Å². The number of hydrogen-bond donors (Lipinski definition) is 1. The van der Waals surface area contributed by atoms with Crippen molar-refractivity contribution in [3.63, 3.8) is 0 Å². The Balaban J connectivity index is 2.39. The molecule has 100 valence electrons. The molecule has 0 bridgehead atoms. The maximum atomic E-state index is 11.0. The van der Waals surface area contributed by atoms with Gasteiger partial charge >= 0.3 is 5.97 Å². The summed E-state index contributed by atoms with van der Waals surface area (Å²) in [6.07, 6.45) is 0.00252. The molecular formula is C13H16N4O2. The van der Waals surface area contributed by atoms with Gasteiger partial charge in [-0.1, -0.05) is 44.2 Å². The van der Waals surface area contributed by atoms with E-state index < -0.39 is 5.97 Å². The van der Waals surface area contributed by atoms with Crippen molar-refractivity contribution in [1.82, 2.24) is 20.2 Å². The fraction of sp³-hybridized carbons (Fsp3) is 0.385. The van der Waals surface area contributed by atoms with E-state index in [2.05, 4.69) is 15.5 Å². The summed E-state index contributed by atoms with van der Waals surface area (Å²) in [4.78, 5) is 11.0. The van der Waals surface area contributed by atoms with Gasteiger partial charge < -0.3 is 5.11 Å². The van der Waals surface area contributed by atoms with Gasteiger partial charge in [0.05, 0.1) is 12.5 Å². The number of aromatic nitrogens is 4. The highest BCUT2D eigenvalue weighted by Gasteiger charge is 2.24. The number of nitrogens with zero attached hydrogens (tertiary/aromatic N) is 4. The van der Waals surface area contributed by atoms with Crippen LogP contribution in [0.2, 0.25) is 0 Å². The Kier molecular flexibility index (Phi) is 3.89. The molecule has 0 fully saturated rings. The van der Waals surface area contributed by atoms with Gasteiger partial charge in [0.2, 0.25) is 0 Å². The molecule has 0 spiro atoms. The second-order valence-corrected chi connectivity index (χ2v) is 4.72. The highest BCUT2D eigenvalue weighted by atomic mass is 16.4. The van der Waals surface area contributed by atoms with Crippen molar-refractivity contribution in [3.05, 3.63) is 30.3 Å². The molecule has 1 unspecified atom stereocenters. The summed E-state index contributed by atoms with van der Waals surface area (Å²) in [5.41, 5.74) is 0.878. The number of rotatable bonds is 5. The minimum atomic E-state index is -0.854. The predicted octanol–water partition coefficient (Wildman–Crippen LogP) is 2.01. The number of benzene rings is 1. The molecule has 6 heteroatoms. The number of carbonyl (C=O) groups is 1. The first-order chi connectivity index (χ1) is 9.09. The standard InChI is InChI=1S/C13H16N4O2/c1-9(2)11(8-12(18)19)17-13(14-15-16-17)10-6-4-3-5-7-10/h3-7,9,11H,8H2,1-2H3,(H,18,19). The molecule has 1 atom stereocenters. The monoisotopic (exact) mass is 260 g/mol. The summed E-state index contributed by atoms with van der Waals surface area (Å²) in [7, 11) is 0. The molecule has 0 aliphatic carbocycles. The minimum absolute atomic E-state index is 0.00252. The Morgan fingerprint density at radius 2 is 2.00 bits per heavy atom. The third kappa shape index (κ3) is 2.96. The number of aliphatic carboxylic acids is 1. The fourth-order valence-corrected chi connectivity index (χ4v) is 1.98. The zero-order chi connectivity index (χ0) is 13.8. The zero-order valence-corrected chi connectivity index (χ0v) is 10.9. The van der Waals surface area contributed by atoms with Gasteiger partial charge in [-0.3, -0.25) is 4.79 Å². The Hall–Kier alpha value is -2.24. The lowest BCUT2D eigenvalue weighted by Crippen LogP contribution is -2.21. The molecule has 2 rings (SSSR count). The Morgan fingerprint density at radius 3 is 2.58 bits per heavy atom. The van der Waals surface area contributed by atoms with E-state index in [-0.39, 0.29) is 18.4 Å². The number of carboxylic acid groups (broad SMARTS) is 1. The van der Waals surface area contributed by atoms with E-state index in [1.807, 2.05) is 44.2 Å². The van der Waals surface area contributed by atoms with Crippen LogP contribution in [0.25, 0.3) is 11.4 Å². The number of carboxylic acids is 1. The van der Waals surface area contributed by atoms with Crippen molar-refractivity contribution in [1.29, 1.82) is 0 Å². The average molecular weight is 260 g/mol. The number of hydrogen-bond acceptors (Lipinski definition) is 4. The average Bonchev–Trinajstić information content (AvgIpc) is 2.85. The second-order valence-electron chi connectivity index (χ2n) is 4.72. The molecule has 1 heterocycles. The molecule has 0 aliphatic heterocycles. The van der Waals surface area contributed by atoms with Crippen LogP contribution in [0.1, 0.15) is 26.3 Å². The molecule has 0 amide bonds. The first-order valence-corrected chi connectivity index (χ1v) is 6.14. The van der Waals surface area contributed by atoms with Gasteiger partial charge in [0.15, 0.2) is 5.82 Å². The van der Waals surface area contributed by atoms with Crippen molar-refractivity contribution in [2.75, 3.05) is 0 Å². The first kappa shape index (κ1) is 13.2. The van der Waals surface area contributed by atoms with Crippen LogP contribution >= 0.6 is 0 Å². The van der Waals surface area contributed by atoms with Crippen molar-refractivity contribution in [3.8, 4) is 11.4 Å². The lowest BCUT2D eigenvalue weighted by atomic mass is 10.0. The predicted molar refractivity (Wildman–Crippen MR) is 69.4 cm³/mol. The minimum Gasteiger partial charge on any atom is -0.481 e. The Labute approximate surface area is 111 Å². The van der Waals surface area contributed by atoms with Gasteiger partial charge in [0, 0.05) is 5.56 Å². The van der Waals surface area contributed by atoms with Gasteiger partial charge in [0.1, 0.15) is 0 Å². The summed E-state index contributed by atoms with van der Waals surface area (Å²) in [5, 5.41) is 20.7. The molecular weight excluding hydrogens is 244 g/mol. The summed E-state index contributed by atoms with van der Waals surface area (Å²) in [6, 6.07) is 9.25. The van der Waals surface area contributed by atoms with E-state index in [4.69, 9.17) is 5.11 Å². The van der Waals surface area contributed by atoms with Crippen LogP contribution in [0, 0.1) is 5.92 Å². The largest absolute Gasteiger partial charge is 0.481 e. The van der Waals surface area contributed by atoms with E-state index in [1.165, 1.54) is 0 Å². The number of tetrazole rings is 1. The van der Waals surface area contributed by atoms with E-state index in [1.54, 1.807) is 4.68 Å². The molecule has 6 nitrogen and oxygen atoms in total. The van der Waals surface area contributed by atoms with E-state index >= 15 is 0 Å². The van der Waals surface area contributed by atoms with Gasteiger partial charge in [-0.2, -0.15) is 0 Å². The Bertz CT molecular complexity index is 551. The van der Waals surface area contributed by atoms with Crippen LogP contribution in [-0.2, 0) is 4.79 Å². The van der Waals surface area contributed by atoms with Gasteiger partial charge in [0.25, 0.3) is 0 Å². The molecule has 0 radical (unpaired) electrons. The highest BCUT2D eigenvalue weighted by molar-refractivity contribution is 5.67. The molecule has 0 saturated carbocycles. The quantitative estimate of drug-likeness (QED) is 0.889. The molecule has 1 aromatic carbocycles. The molecule has 0 saturated heterocycles. The van der Waals surface area contributed by atoms with Crippen LogP contribution in [0.15, 0.2) is 30.3 Å². The van der Waals surface area contributed by atoms with E-state index in [0.29, 0.717) is 5.82 Å². The molecule has 2 aromatic rings. The van der Waals surface area contributed by atoms with Gasteiger partial charge in [-0.25, -0.2) is 4.68 Å². The normalized spacial score (nSPS) is 12.6. The molecule has 1 N–H and O–H groups in total. The fourth-order valence-electron chi connectivity index (χ4n) is 1.98. The molecule has 1 aromatic heterocycles.